The number of carbonyl (C=O) groups excluding carboxylic acids is 1. The highest BCUT2D eigenvalue weighted by molar-refractivity contribution is 5.89. The average molecular weight is 274 g/mol. The number of nitrogens with two attached hydrogens (primary N) is 1. The summed E-state index contributed by atoms with van der Waals surface area (Å²) in [6.07, 6.45) is 0. The molecule has 0 saturated heterocycles. The minimum Gasteiger partial charge on any atom is -0.465 e. The van der Waals surface area contributed by atoms with Crippen LogP contribution in [0.2, 0.25) is 0 Å². The number of aliphatic hydroxyl groups is 1. The molecule has 0 aliphatic rings. The van der Waals surface area contributed by atoms with E-state index < -0.39 is 5.41 Å². The molecule has 0 fully saturated rings. The maximum atomic E-state index is 11.3. The first-order chi connectivity index (χ1) is 7.92. The van der Waals surface area contributed by atoms with E-state index in [-0.39, 0.29) is 31.0 Å². The summed E-state index contributed by atoms with van der Waals surface area (Å²) >= 11 is 0. The normalized spacial score (nSPS) is 12.5. The van der Waals surface area contributed by atoms with E-state index >= 15 is 0 Å². The monoisotopic (exact) mass is 273 g/mol. The minimum absolute atomic E-state index is 0. The van der Waals surface area contributed by atoms with Crippen molar-refractivity contribution in [3.63, 3.8) is 0 Å². The fraction of sp³-hybridized carbons (Fsp3) is 0.462. The fourth-order valence-electron chi connectivity index (χ4n) is 1.49. The molecule has 3 N–H and O–H groups in total. The Kier molecular flexibility index (Phi) is 6.32. The van der Waals surface area contributed by atoms with Crippen molar-refractivity contribution in [3.05, 3.63) is 35.4 Å². The van der Waals surface area contributed by atoms with Gasteiger partial charge in [0.2, 0.25) is 0 Å². The first-order valence-electron chi connectivity index (χ1n) is 5.47. The molecule has 0 aromatic heterocycles. The zero-order valence-corrected chi connectivity index (χ0v) is 11.7. The lowest BCUT2D eigenvalue weighted by Gasteiger charge is -2.29. The van der Waals surface area contributed by atoms with Crippen molar-refractivity contribution in [2.45, 2.75) is 19.9 Å². The van der Waals surface area contributed by atoms with Crippen LogP contribution in [0, 0.1) is 5.41 Å². The zero-order valence-electron chi connectivity index (χ0n) is 10.8. The third-order valence-electron chi connectivity index (χ3n) is 2.94. The molecule has 1 aromatic rings. The molecule has 0 aliphatic carbocycles. The number of methoxy groups -OCH3 is 1. The molecule has 0 saturated carbocycles. The molecule has 1 rings (SSSR count). The molecule has 102 valence electrons. The second kappa shape index (κ2) is 6.73. The number of benzene rings is 1. The molecule has 0 aliphatic heterocycles. The Bertz CT molecular complexity index is 390. The maximum Gasteiger partial charge on any atom is 0.337 e. The van der Waals surface area contributed by atoms with Crippen molar-refractivity contribution < 1.29 is 14.6 Å². The van der Waals surface area contributed by atoms with Gasteiger partial charge in [0.15, 0.2) is 0 Å². The van der Waals surface area contributed by atoms with Crippen molar-refractivity contribution >= 4 is 18.4 Å². The van der Waals surface area contributed by atoms with Gasteiger partial charge in [-0.25, -0.2) is 4.79 Å². The van der Waals surface area contributed by atoms with Crippen LogP contribution in [-0.4, -0.2) is 24.8 Å². The van der Waals surface area contributed by atoms with Crippen molar-refractivity contribution in [1.82, 2.24) is 0 Å². The number of aliphatic hydroxyl groups excluding tert-OH is 1. The molecule has 4 nitrogen and oxygen atoms in total. The Morgan fingerprint density at radius 1 is 1.39 bits per heavy atom. The van der Waals surface area contributed by atoms with E-state index in [1.165, 1.54) is 7.11 Å². The Hall–Kier alpha value is -1.10. The van der Waals surface area contributed by atoms with E-state index in [0.717, 1.165) is 5.56 Å². The van der Waals surface area contributed by atoms with Crippen molar-refractivity contribution in [1.29, 1.82) is 0 Å². The molecule has 0 spiro atoms. The quantitative estimate of drug-likeness (QED) is 0.822. The van der Waals surface area contributed by atoms with Gasteiger partial charge in [0, 0.05) is 18.1 Å². The Morgan fingerprint density at radius 2 is 1.89 bits per heavy atom. The molecule has 0 unspecified atom stereocenters. The van der Waals surface area contributed by atoms with Gasteiger partial charge in [-0.1, -0.05) is 26.0 Å². The van der Waals surface area contributed by atoms with E-state index in [1.54, 1.807) is 24.3 Å². The van der Waals surface area contributed by atoms with Crippen LogP contribution in [0.15, 0.2) is 24.3 Å². The molecule has 0 radical (unpaired) electrons. The number of rotatable bonds is 4. The number of esters is 1. The molecular weight excluding hydrogens is 254 g/mol. The van der Waals surface area contributed by atoms with Crippen LogP contribution in [0.3, 0.4) is 0 Å². The molecule has 0 amide bonds. The van der Waals surface area contributed by atoms with Gasteiger partial charge < -0.3 is 15.6 Å². The van der Waals surface area contributed by atoms with Gasteiger partial charge in [0.1, 0.15) is 0 Å². The van der Waals surface area contributed by atoms with E-state index in [2.05, 4.69) is 4.74 Å². The first kappa shape index (κ1) is 16.9. The lowest BCUT2D eigenvalue weighted by atomic mass is 9.82. The molecular formula is C13H20ClNO3. The lowest BCUT2D eigenvalue weighted by molar-refractivity contribution is 0.0600. The predicted molar refractivity (Wildman–Crippen MR) is 72.8 cm³/mol. The van der Waals surface area contributed by atoms with E-state index in [1.807, 2.05) is 13.8 Å². The molecule has 1 aromatic carbocycles. The summed E-state index contributed by atoms with van der Waals surface area (Å²) in [6, 6.07) is 6.64. The van der Waals surface area contributed by atoms with Gasteiger partial charge in [-0.3, -0.25) is 0 Å². The number of ether oxygens (including phenoxy) is 1. The number of hydrogen-bond donors (Lipinski definition) is 2. The van der Waals surface area contributed by atoms with Gasteiger partial charge in [-0.05, 0) is 17.7 Å². The van der Waals surface area contributed by atoms with Crippen molar-refractivity contribution in [3.8, 4) is 0 Å². The smallest absolute Gasteiger partial charge is 0.337 e. The summed E-state index contributed by atoms with van der Waals surface area (Å²) in [5.74, 6) is -0.369. The topological polar surface area (TPSA) is 72.5 Å². The van der Waals surface area contributed by atoms with E-state index in [0.29, 0.717) is 5.56 Å². The summed E-state index contributed by atoms with van der Waals surface area (Å²) < 4.78 is 4.61. The Morgan fingerprint density at radius 3 is 2.28 bits per heavy atom. The van der Waals surface area contributed by atoms with Crippen LogP contribution in [0.4, 0.5) is 0 Å². The van der Waals surface area contributed by atoms with Gasteiger partial charge in [-0.2, -0.15) is 0 Å². The SMILES string of the molecule is COC(=O)c1ccc([C@@H](N)C(C)(C)CO)cc1.Cl. The largest absolute Gasteiger partial charge is 0.465 e. The Balaban J connectivity index is 0.00000289. The lowest BCUT2D eigenvalue weighted by Crippen LogP contribution is -2.32. The maximum absolute atomic E-state index is 11.3. The van der Waals surface area contributed by atoms with Gasteiger partial charge in [-0.15, -0.1) is 12.4 Å². The second-order valence-electron chi connectivity index (χ2n) is 4.74. The van der Waals surface area contributed by atoms with Crippen LogP contribution >= 0.6 is 12.4 Å². The number of hydrogen-bond acceptors (Lipinski definition) is 4. The highest BCUT2D eigenvalue weighted by atomic mass is 35.5. The van der Waals surface area contributed by atoms with Crippen LogP contribution in [0.1, 0.15) is 35.8 Å². The third-order valence-corrected chi connectivity index (χ3v) is 2.94. The van der Waals surface area contributed by atoms with Crippen LogP contribution in [0.25, 0.3) is 0 Å². The standard InChI is InChI=1S/C13H19NO3.ClH/c1-13(2,8-15)11(14)9-4-6-10(7-5-9)12(16)17-3;/h4-7,11,15H,8,14H2,1-3H3;1H/t11-;/m1./s1. The van der Waals surface area contributed by atoms with Gasteiger partial charge >= 0.3 is 5.97 Å². The van der Waals surface area contributed by atoms with Gasteiger partial charge in [0.05, 0.1) is 12.7 Å². The molecule has 0 heterocycles. The number of carbonyl (C=O) groups is 1. The summed E-state index contributed by atoms with van der Waals surface area (Å²) in [5.41, 5.74) is 7.05. The predicted octanol–water partition coefficient (Wildman–Crippen LogP) is 1.91. The first-order valence-corrected chi connectivity index (χ1v) is 5.47. The Labute approximate surface area is 114 Å². The minimum atomic E-state index is -0.396. The molecule has 18 heavy (non-hydrogen) atoms. The van der Waals surface area contributed by atoms with Gasteiger partial charge in [0.25, 0.3) is 0 Å². The van der Waals surface area contributed by atoms with Crippen molar-refractivity contribution in [2.24, 2.45) is 11.1 Å². The molecule has 0 bridgehead atoms. The average Bonchev–Trinajstić information content (AvgIpc) is 2.37. The molecule has 1 atom stereocenters. The van der Waals surface area contributed by atoms with Crippen LogP contribution in [-0.2, 0) is 4.74 Å². The van der Waals surface area contributed by atoms with Crippen LogP contribution < -0.4 is 5.73 Å². The third kappa shape index (κ3) is 3.70. The van der Waals surface area contributed by atoms with Crippen LogP contribution in [0.5, 0.6) is 0 Å². The zero-order chi connectivity index (χ0) is 13.1. The highest BCUT2D eigenvalue weighted by Crippen LogP contribution is 2.30. The second-order valence-corrected chi connectivity index (χ2v) is 4.74. The fourth-order valence-corrected chi connectivity index (χ4v) is 1.49. The summed E-state index contributed by atoms with van der Waals surface area (Å²) in [5, 5.41) is 9.25. The summed E-state index contributed by atoms with van der Waals surface area (Å²) in [7, 11) is 1.34. The highest BCUT2D eigenvalue weighted by Gasteiger charge is 2.26. The van der Waals surface area contributed by atoms with E-state index in [9.17, 15) is 9.90 Å². The summed E-state index contributed by atoms with van der Waals surface area (Å²) in [4.78, 5) is 11.3. The number of halogens is 1. The summed E-state index contributed by atoms with van der Waals surface area (Å²) in [6.45, 7) is 3.80. The van der Waals surface area contributed by atoms with Crippen molar-refractivity contribution in [2.75, 3.05) is 13.7 Å². The molecule has 5 heteroatoms. The van der Waals surface area contributed by atoms with E-state index in [4.69, 9.17) is 5.73 Å².